The molecule has 0 aliphatic heterocycles. The van der Waals surface area contributed by atoms with Crippen LogP contribution in [0, 0.1) is 18.6 Å². The maximum absolute atomic E-state index is 14.0. The molecule has 0 radical (unpaired) electrons. The van der Waals surface area contributed by atoms with Gasteiger partial charge in [-0.1, -0.05) is 25.4 Å². The Morgan fingerprint density at radius 2 is 1.71 bits per heavy atom. The summed E-state index contributed by atoms with van der Waals surface area (Å²) >= 11 is 6.16. The number of aromatic nitrogens is 2. The zero-order valence-electron chi connectivity index (χ0n) is 13.3. The highest BCUT2D eigenvalue weighted by Crippen LogP contribution is 2.36. The molecular weight excluding hydrogens is 338 g/mol. The van der Waals surface area contributed by atoms with E-state index in [-0.39, 0.29) is 21.5 Å². The van der Waals surface area contributed by atoms with Crippen molar-refractivity contribution in [2.45, 2.75) is 20.8 Å². The van der Waals surface area contributed by atoms with Crippen LogP contribution in [-0.2, 0) is 0 Å². The van der Waals surface area contributed by atoms with Crippen molar-refractivity contribution in [1.29, 1.82) is 0 Å². The van der Waals surface area contributed by atoms with E-state index in [0.717, 1.165) is 12.1 Å². The minimum absolute atomic E-state index is 0.0898. The number of nitrogens with one attached hydrogen (secondary N) is 2. The highest BCUT2D eigenvalue weighted by molar-refractivity contribution is 6.34. The van der Waals surface area contributed by atoms with Crippen molar-refractivity contribution in [3.63, 3.8) is 0 Å². The first-order valence-corrected chi connectivity index (χ1v) is 7.67. The Labute approximate surface area is 141 Å². The molecule has 7 heteroatoms. The quantitative estimate of drug-likeness (QED) is 0.691. The third-order valence-corrected chi connectivity index (χ3v) is 3.74. The SMILES string of the molecule is CC.Cc1c(-c2ccc(F)cc2F)c(Cl)cc2c(=O)[nH]c(=O)[nH]c12. The molecule has 0 atom stereocenters. The lowest BCUT2D eigenvalue weighted by Crippen LogP contribution is -2.22. The monoisotopic (exact) mass is 352 g/mol. The summed E-state index contributed by atoms with van der Waals surface area (Å²) in [6.45, 7) is 5.60. The summed E-state index contributed by atoms with van der Waals surface area (Å²) in [4.78, 5) is 27.8. The molecule has 1 heterocycles. The zero-order valence-corrected chi connectivity index (χ0v) is 14.0. The van der Waals surface area contributed by atoms with Gasteiger partial charge < -0.3 is 4.98 Å². The largest absolute Gasteiger partial charge is 0.326 e. The molecule has 0 spiro atoms. The summed E-state index contributed by atoms with van der Waals surface area (Å²) in [5, 5.41) is 0.321. The van der Waals surface area contributed by atoms with E-state index in [2.05, 4.69) is 9.97 Å². The lowest BCUT2D eigenvalue weighted by molar-refractivity contribution is 0.585. The average Bonchev–Trinajstić information content (AvgIpc) is 2.53. The van der Waals surface area contributed by atoms with Crippen molar-refractivity contribution in [2.75, 3.05) is 0 Å². The molecule has 0 fully saturated rings. The molecule has 2 N–H and O–H groups in total. The summed E-state index contributed by atoms with van der Waals surface area (Å²) in [5.74, 6) is -1.49. The number of hydrogen-bond donors (Lipinski definition) is 2. The van der Waals surface area contributed by atoms with E-state index in [9.17, 15) is 18.4 Å². The molecule has 0 saturated heterocycles. The van der Waals surface area contributed by atoms with Gasteiger partial charge in [-0.05, 0) is 30.7 Å². The summed E-state index contributed by atoms with van der Waals surface area (Å²) in [5.41, 5.74) is -0.184. The third kappa shape index (κ3) is 3.10. The summed E-state index contributed by atoms with van der Waals surface area (Å²) in [7, 11) is 0. The van der Waals surface area contributed by atoms with E-state index in [1.165, 1.54) is 12.1 Å². The highest BCUT2D eigenvalue weighted by atomic mass is 35.5. The Balaban J connectivity index is 0.00000100. The summed E-state index contributed by atoms with van der Waals surface area (Å²) < 4.78 is 27.1. The third-order valence-electron chi connectivity index (χ3n) is 3.44. The van der Waals surface area contributed by atoms with E-state index in [4.69, 9.17) is 11.6 Å². The number of hydrogen-bond acceptors (Lipinski definition) is 2. The van der Waals surface area contributed by atoms with Crippen molar-refractivity contribution >= 4 is 22.5 Å². The van der Waals surface area contributed by atoms with Gasteiger partial charge in [-0.25, -0.2) is 13.6 Å². The van der Waals surface area contributed by atoms with E-state index >= 15 is 0 Å². The van der Waals surface area contributed by atoms with Crippen molar-refractivity contribution in [3.05, 3.63) is 67.3 Å². The van der Waals surface area contributed by atoms with Crippen LogP contribution in [0.1, 0.15) is 19.4 Å². The Hall–Kier alpha value is -2.47. The number of H-pyrrole nitrogens is 2. The fourth-order valence-electron chi connectivity index (χ4n) is 2.46. The average molecular weight is 353 g/mol. The van der Waals surface area contributed by atoms with E-state index in [1.54, 1.807) is 6.92 Å². The molecule has 0 unspecified atom stereocenters. The molecule has 3 aromatic rings. The van der Waals surface area contributed by atoms with Crippen LogP contribution in [0.2, 0.25) is 5.02 Å². The maximum Gasteiger partial charge on any atom is 0.326 e. The minimum atomic E-state index is -0.781. The van der Waals surface area contributed by atoms with Gasteiger partial charge in [-0.2, -0.15) is 0 Å². The number of rotatable bonds is 1. The van der Waals surface area contributed by atoms with Gasteiger partial charge in [0.05, 0.1) is 10.9 Å². The smallest absolute Gasteiger partial charge is 0.307 e. The predicted molar refractivity (Wildman–Crippen MR) is 91.6 cm³/mol. The maximum atomic E-state index is 14.0. The van der Waals surface area contributed by atoms with Gasteiger partial charge in [-0.15, -0.1) is 0 Å². The molecule has 24 heavy (non-hydrogen) atoms. The van der Waals surface area contributed by atoms with Gasteiger partial charge in [0.25, 0.3) is 5.56 Å². The number of aromatic amines is 2. The summed E-state index contributed by atoms with van der Waals surface area (Å²) in [6, 6.07) is 4.46. The fourth-order valence-corrected chi connectivity index (χ4v) is 2.81. The van der Waals surface area contributed by atoms with Crippen LogP contribution in [0.25, 0.3) is 22.0 Å². The Kier molecular flexibility index (Phi) is 5.19. The van der Waals surface area contributed by atoms with Crippen molar-refractivity contribution < 1.29 is 8.78 Å². The first-order valence-electron chi connectivity index (χ1n) is 7.29. The standard InChI is InChI=1S/C15H9ClF2N2O2.C2H6/c1-6-12(8-3-2-7(17)4-11(8)18)10(16)5-9-13(6)19-15(22)20-14(9)21;1-2/h2-5H,1H3,(H2,19,20,21,22);1-2H3. The zero-order chi connectivity index (χ0) is 18.0. The van der Waals surface area contributed by atoms with Gasteiger partial charge >= 0.3 is 5.69 Å². The number of halogens is 3. The molecule has 0 aliphatic carbocycles. The molecule has 0 aliphatic rings. The van der Waals surface area contributed by atoms with Crippen LogP contribution in [0.4, 0.5) is 8.78 Å². The fraction of sp³-hybridized carbons (Fsp3) is 0.176. The second-order valence-corrected chi connectivity index (χ2v) is 5.22. The topological polar surface area (TPSA) is 65.7 Å². The van der Waals surface area contributed by atoms with Crippen LogP contribution in [0.3, 0.4) is 0 Å². The second-order valence-electron chi connectivity index (χ2n) is 4.81. The van der Waals surface area contributed by atoms with Gasteiger partial charge in [0.1, 0.15) is 11.6 Å². The Morgan fingerprint density at radius 3 is 2.33 bits per heavy atom. The van der Waals surface area contributed by atoms with Crippen LogP contribution in [0.5, 0.6) is 0 Å². The number of aryl methyl sites for hydroxylation is 1. The second kappa shape index (κ2) is 6.97. The first kappa shape index (κ1) is 17.9. The molecule has 0 bridgehead atoms. The number of fused-ring (bicyclic) bond motifs is 1. The lowest BCUT2D eigenvalue weighted by Gasteiger charge is -2.12. The van der Waals surface area contributed by atoms with Crippen LogP contribution >= 0.6 is 11.6 Å². The van der Waals surface area contributed by atoms with Crippen LogP contribution in [0.15, 0.2) is 33.9 Å². The van der Waals surface area contributed by atoms with Gasteiger partial charge in [0.15, 0.2) is 0 Å². The molecule has 0 saturated carbocycles. The molecular formula is C17H15ClF2N2O2. The summed E-state index contributed by atoms with van der Waals surface area (Å²) in [6.07, 6.45) is 0. The van der Waals surface area contributed by atoms with E-state index in [1.807, 2.05) is 13.8 Å². The minimum Gasteiger partial charge on any atom is -0.307 e. The molecule has 3 rings (SSSR count). The van der Waals surface area contributed by atoms with Crippen LogP contribution < -0.4 is 11.2 Å². The molecule has 126 valence electrons. The van der Waals surface area contributed by atoms with Crippen LogP contribution in [-0.4, -0.2) is 9.97 Å². The van der Waals surface area contributed by atoms with Gasteiger partial charge in [0, 0.05) is 22.2 Å². The van der Waals surface area contributed by atoms with E-state index < -0.39 is 22.9 Å². The van der Waals surface area contributed by atoms with Gasteiger partial charge in [0.2, 0.25) is 0 Å². The van der Waals surface area contributed by atoms with E-state index in [0.29, 0.717) is 11.1 Å². The van der Waals surface area contributed by atoms with Crippen molar-refractivity contribution in [1.82, 2.24) is 9.97 Å². The van der Waals surface area contributed by atoms with Crippen molar-refractivity contribution in [2.24, 2.45) is 0 Å². The first-order chi connectivity index (χ1) is 11.4. The highest BCUT2D eigenvalue weighted by Gasteiger charge is 2.17. The number of benzene rings is 2. The lowest BCUT2D eigenvalue weighted by atomic mass is 9.97. The van der Waals surface area contributed by atoms with Crippen molar-refractivity contribution in [3.8, 4) is 11.1 Å². The Bertz CT molecular complexity index is 1030. The molecule has 2 aromatic carbocycles. The predicted octanol–water partition coefficient (Wildman–Crippen LogP) is 4.15. The molecule has 0 amide bonds. The molecule has 4 nitrogen and oxygen atoms in total. The molecule has 1 aromatic heterocycles. The Morgan fingerprint density at radius 1 is 1.04 bits per heavy atom. The van der Waals surface area contributed by atoms with Gasteiger partial charge in [-0.3, -0.25) is 9.78 Å². The normalized spacial score (nSPS) is 10.4.